The van der Waals surface area contributed by atoms with E-state index in [0.717, 1.165) is 0 Å². The van der Waals surface area contributed by atoms with E-state index in [-0.39, 0.29) is 5.41 Å². The Kier molecular flexibility index (Phi) is 4.27. The van der Waals surface area contributed by atoms with Gasteiger partial charge in [-0.15, -0.1) is 11.8 Å². The molecule has 0 atom stereocenters. The molecule has 0 amide bonds. The number of hydrogen-bond donors (Lipinski definition) is 0. The van der Waals surface area contributed by atoms with Gasteiger partial charge in [-0.1, -0.05) is 46.1 Å². The first-order valence-electron chi connectivity index (χ1n) is 3.63. The highest BCUT2D eigenvalue weighted by Gasteiger charge is 2.15. The van der Waals surface area contributed by atoms with Crippen molar-refractivity contribution in [3.05, 3.63) is 35.6 Å². The number of hydrogen-bond acceptors (Lipinski definition) is 1. The smallest absolute Gasteiger partial charge is 0.00552 e. The molecular formula is C10H16S. The zero-order valence-corrected chi connectivity index (χ0v) is 8.37. The highest BCUT2D eigenvalue weighted by atomic mass is 32.2. The molecule has 0 radical (unpaired) electrons. The van der Waals surface area contributed by atoms with Crippen molar-refractivity contribution in [2.24, 2.45) is 5.41 Å². The van der Waals surface area contributed by atoms with E-state index in [1.54, 1.807) is 11.8 Å². The van der Waals surface area contributed by atoms with Crippen LogP contribution in [0.4, 0.5) is 0 Å². The fourth-order valence-corrected chi connectivity index (χ4v) is 1.37. The van der Waals surface area contributed by atoms with Gasteiger partial charge in [0.15, 0.2) is 0 Å². The Morgan fingerprint density at radius 2 is 1.82 bits per heavy atom. The molecule has 0 bridgehead atoms. The van der Waals surface area contributed by atoms with Crippen LogP contribution >= 0.6 is 11.8 Å². The Morgan fingerprint density at radius 1 is 1.27 bits per heavy atom. The summed E-state index contributed by atoms with van der Waals surface area (Å²) >= 11 is 1.66. The van der Waals surface area contributed by atoms with E-state index in [2.05, 4.69) is 33.9 Å². The van der Waals surface area contributed by atoms with Crippen molar-refractivity contribution in [1.82, 2.24) is 0 Å². The van der Waals surface area contributed by atoms with E-state index in [1.165, 1.54) is 4.91 Å². The standard InChI is InChI=1S/C10H16S/c1-6-8-9(11-7-2)10(3,4)5/h6-8H,1-2H2,3-5H3/b9-8-. The first kappa shape index (κ1) is 10.6. The van der Waals surface area contributed by atoms with Crippen molar-refractivity contribution >= 4 is 11.8 Å². The number of rotatable bonds is 3. The minimum atomic E-state index is 0.201. The number of thioether (sulfide) groups is 1. The molecule has 0 spiro atoms. The lowest BCUT2D eigenvalue weighted by atomic mass is 9.96. The maximum absolute atomic E-state index is 3.68. The Labute approximate surface area is 74.1 Å². The molecule has 0 unspecified atom stereocenters. The summed E-state index contributed by atoms with van der Waals surface area (Å²) in [4.78, 5) is 1.29. The zero-order valence-electron chi connectivity index (χ0n) is 7.55. The van der Waals surface area contributed by atoms with Crippen LogP contribution in [0.2, 0.25) is 0 Å². The van der Waals surface area contributed by atoms with Crippen molar-refractivity contribution in [2.45, 2.75) is 20.8 Å². The molecule has 0 saturated heterocycles. The van der Waals surface area contributed by atoms with Crippen molar-refractivity contribution in [1.29, 1.82) is 0 Å². The zero-order chi connectivity index (χ0) is 8.91. The molecule has 0 aliphatic heterocycles. The molecule has 0 aromatic rings. The molecule has 0 aromatic carbocycles. The van der Waals surface area contributed by atoms with Gasteiger partial charge in [0, 0.05) is 0 Å². The largest absolute Gasteiger partial charge is 0.103 e. The molecule has 0 fully saturated rings. The Morgan fingerprint density at radius 3 is 2.09 bits per heavy atom. The normalized spacial score (nSPS) is 12.8. The molecule has 0 N–H and O–H groups in total. The van der Waals surface area contributed by atoms with E-state index < -0.39 is 0 Å². The highest BCUT2D eigenvalue weighted by Crippen LogP contribution is 2.34. The van der Waals surface area contributed by atoms with Crippen molar-refractivity contribution in [3.63, 3.8) is 0 Å². The molecule has 0 nitrogen and oxygen atoms in total. The molecule has 0 aliphatic carbocycles. The second-order valence-corrected chi connectivity index (χ2v) is 4.31. The van der Waals surface area contributed by atoms with Gasteiger partial charge in [0.1, 0.15) is 0 Å². The number of allylic oxidation sites excluding steroid dienone is 3. The first-order valence-corrected chi connectivity index (χ1v) is 4.51. The first-order chi connectivity index (χ1) is 5.02. The molecule has 0 rings (SSSR count). The molecule has 1 heteroatoms. The Balaban J connectivity index is 4.46. The summed E-state index contributed by atoms with van der Waals surface area (Å²) in [5.74, 6) is 0. The third kappa shape index (κ3) is 4.10. The van der Waals surface area contributed by atoms with Crippen LogP contribution in [0.25, 0.3) is 0 Å². The molecule has 0 heterocycles. The summed E-state index contributed by atoms with van der Waals surface area (Å²) in [6, 6.07) is 0. The Bertz CT molecular complexity index is 170. The summed E-state index contributed by atoms with van der Waals surface area (Å²) in [6.07, 6.45) is 3.85. The quantitative estimate of drug-likeness (QED) is 0.574. The monoisotopic (exact) mass is 168 g/mol. The van der Waals surface area contributed by atoms with Gasteiger partial charge < -0.3 is 0 Å². The van der Waals surface area contributed by atoms with E-state index in [4.69, 9.17) is 0 Å². The van der Waals surface area contributed by atoms with Gasteiger partial charge in [-0.25, -0.2) is 0 Å². The summed E-state index contributed by atoms with van der Waals surface area (Å²) in [7, 11) is 0. The fraction of sp³-hybridized carbons (Fsp3) is 0.400. The average molecular weight is 168 g/mol. The van der Waals surface area contributed by atoms with Gasteiger partial charge in [0.25, 0.3) is 0 Å². The lowest BCUT2D eigenvalue weighted by Crippen LogP contribution is -2.05. The molecule has 0 aliphatic rings. The summed E-state index contributed by atoms with van der Waals surface area (Å²) < 4.78 is 0. The van der Waals surface area contributed by atoms with E-state index >= 15 is 0 Å². The molecule has 62 valence electrons. The predicted molar refractivity (Wildman–Crippen MR) is 55.5 cm³/mol. The second kappa shape index (κ2) is 4.45. The summed E-state index contributed by atoms with van der Waals surface area (Å²) in [5.41, 5.74) is 0.201. The molecule has 0 saturated carbocycles. The lowest BCUT2D eigenvalue weighted by molar-refractivity contribution is 0.534. The van der Waals surface area contributed by atoms with Gasteiger partial charge in [-0.05, 0) is 15.7 Å². The van der Waals surface area contributed by atoms with Crippen molar-refractivity contribution in [2.75, 3.05) is 0 Å². The SMILES string of the molecule is C=C/C=C(\SC=C)C(C)(C)C. The summed E-state index contributed by atoms with van der Waals surface area (Å²) in [6.45, 7) is 13.9. The average Bonchev–Trinajstić information content (AvgIpc) is 1.85. The topological polar surface area (TPSA) is 0 Å². The van der Waals surface area contributed by atoms with Crippen molar-refractivity contribution < 1.29 is 0 Å². The maximum atomic E-state index is 3.68. The van der Waals surface area contributed by atoms with Crippen LogP contribution in [0.3, 0.4) is 0 Å². The third-order valence-electron chi connectivity index (χ3n) is 1.22. The van der Waals surface area contributed by atoms with Crippen LogP contribution < -0.4 is 0 Å². The van der Waals surface area contributed by atoms with Crippen LogP contribution in [0.15, 0.2) is 35.6 Å². The minimum Gasteiger partial charge on any atom is -0.103 e. The van der Waals surface area contributed by atoms with Gasteiger partial charge in [0.05, 0.1) is 0 Å². The van der Waals surface area contributed by atoms with Gasteiger partial charge in [0.2, 0.25) is 0 Å². The van der Waals surface area contributed by atoms with Crippen LogP contribution in [0, 0.1) is 5.41 Å². The maximum Gasteiger partial charge on any atom is -0.00552 e. The third-order valence-corrected chi connectivity index (χ3v) is 2.39. The molecular weight excluding hydrogens is 152 g/mol. The van der Waals surface area contributed by atoms with Gasteiger partial charge in [-0.2, -0.15) is 0 Å². The Hall–Kier alpha value is -0.430. The van der Waals surface area contributed by atoms with Crippen LogP contribution in [-0.2, 0) is 0 Å². The minimum absolute atomic E-state index is 0.201. The van der Waals surface area contributed by atoms with Crippen LogP contribution in [0.5, 0.6) is 0 Å². The van der Waals surface area contributed by atoms with E-state index in [1.807, 2.05) is 17.6 Å². The molecule has 0 aromatic heterocycles. The van der Waals surface area contributed by atoms with Gasteiger partial charge in [-0.3, -0.25) is 0 Å². The van der Waals surface area contributed by atoms with E-state index in [0.29, 0.717) is 0 Å². The van der Waals surface area contributed by atoms with Crippen LogP contribution in [0.1, 0.15) is 20.8 Å². The van der Waals surface area contributed by atoms with E-state index in [9.17, 15) is 0 Å². The van der Waals surface area contributed by atoms with Crippen LogP contribution in [-0.4, -0.2) is 0 Å². The van der Waals surface area contributed by atoms with Gasteiger partial charge >= 0.3 is 0 Å². The van der Waals surface area contributed by atoms with Crippen molar-refractivity contribution in [3.8, 4) is 0 Å². The fourth-order valence-electron chi connectivity index (χ4n) is 0.663. The predicted octanol–water partition coefficient (Wildman–Crippen LogP) is 3.98. The highest BCUT2D eigenvalue weighted by molar-refractivity contribution is 8.05. The second-order valence-electron chi connectivity index (χ2n) is 3.30. The summed E-state index contributed by atoms with van der Waals surface area (Å²) in [5, 5.41) is 1.85. The lowest BCUT2D eigenvalue weighted by Gasteiger charge is -2.20. The molecule has 11 heavy (non-hydrogen) atoms.